The lowest BCUT2D eigenvalue weighted by Gasteiger charge is -2.35. The maximum atomic E-state index is 14.4. The molecule has 2 aliphatic heterocycles. The van der Waals surface area contributed by atoms with E-state index in [1.54, 1.807) is 22.7 Å². The molecule has 352 valence electrons. The SMILES string of the molecule is Cc1ncsc1-c1ccc(C(C)NC(=O)[C@@H]2C[C@@H](O)CN2C(=O)C(NC(=O)[C@H]2C[C@H]2c2ccc(-c3ccc(C4=N[C@@H](CC(=O)O)c5nnc(C)n5-c5sc(C)c(C)c54)cc3)cc2)C(C)(C)C)cc1. The van der Waals surface area contributed by atoms with Crippen LogP contribution in [-0.4, -0.2) is 89.0 Å². The number of aromatic nitrogens is 4. The first-order valence-corrected chi connectivity index (χ1v) is 24.7. The van der Waals surface area contributed by atoms with Gasteiger partial charge in [0, 0.05) is 34.9 Å². The molecule has 3 aromatic carbocycles. The number of carbonyl (C=O) groups excluding carboxylic acids is 3. The summed E-state index contributed by atoms with van der Waals surface area (Å²) in [5.41, 5.74) is 10.7. The maximum Gasteiger partial charge on any atom is 0.306 e. The first-order chi connectivity index (χ1) is 32.4. The van der Waals surface area contributed by atoms with Gasteiger partial charge >= 0.3 is 5.97 Å². The third kappa shape index (κ3) is 9.04. The highest BCUT2D eigenvalue weighted by Gasteiger charge is 2.49. The van der Waals surface area contributed by atoms with Gasteiger partial charge in [0.2, 0.25) is 17.7 Å². The van der Waals surface area contributed by atoms with Crippen molar-refractivity contribution in [2.24, 2.45) is 16.3 Å². The van der Waals surface area contributed by atoms with Gasteiger partial charge < -0.3 is 25.7 Å². The topological polar surface area (TPSA) is 192 Å². The van der Waals surface area contributed by atoms with Crippen molar-refractivity contribution in [3.63, 3.8) is 0 Å². The molecule has 0 radical (unpaired) electrons. The number of benzene rings is 3. The summed E-state index contributed by atoms with van der Waals surface area (Å²) in [6.45, 7) is 15.5. The zero-order valence-corrected chi connectivity index (χ0v) is 41.0. The Balaban J connectivity index is 0.852. The van der Waals surface area contributed by atoms with Crippen LogP contribution in [0.5, 0.6) is 0 Å². The van der Waals surface area contributed by atoms with E-state index in [4.69, 9.17) is 4.99 Å². The van der Waals surface area contributed by atoms with Crippen molar-refractivity contribution in [2.45, 2.75) is 111 Å². The molecule has 1 saturated heterocycles. The van der Waals surface area contributed by atoms with E-state index in [0.29, 0.717) is 18.1 Å². The Bertz CT molecular complexity index is 2950. The Kier molecular flexibility index (Phi) is 12.6. The molecule has 3 aromatic heterocycles. The molecule has 7 atom stereocenters. The van der Waals surface area contributed by atoms with Gasteiger partial charge in [-0.2, -0.15) is 0 Å². The van der Waals surface area contributed by atoms with Gasteiger partial charge in [0.25, 0.3) is 0 Å². The van der Waals surface area contributed by atoms with Crippen LogP contribution in [0.4, 0.5) is 0 Å². The van der Waals surface area contributed by atoms with Crippen LogP contribution in [0.25, 0.3) is 26.6 Å². The van der Waals surface area contributed by atoms with Gasteiger partial charge in [-0.1, -0.05) is 93.6 Å². The molecule has 1 saturated carbocycles. The smallest absolute Gasteiger partial charge is 0.306 e. The molecule has 3 aliphatic rings. The molecule has 0 bridgehead atoms. The van der Waals surface area contributed by atoms with Crippen LogP contribution in [0.15, 0.2) is 83.3 Å². The quantitative estimate of drug-likeness (QED) is 0.0937. The van der Waals surface area contributed by atoms with Crippen LogP contribution in [0.3, 0.4) is 0 Å². The number of aryl methyl sites for hydroxylation is 3. The average molecular weight is 953 g/mol. The molecule has 9 rings (SSSR count). The maximum absolute atomic E-state index is 14.4. The summed E-state index contributed by atoms with van der Waals surface area (Å²) in [7, 11) is 0. The van der Waals surface area contributed by atoms with Crippen LogP contribution < -0.4 is 10.6 Å². The van der Waals surface area contributed by atoms with Crippen molar-refractivity contribution in [3.8, 4) is 26.6 Å². The second kappa shape index (κ2) is 18.3. The van der Waals surface area contributed by atoms with Crippen molar-refractivity contribution in [1.82, 2.24) is 35.3 Å². The second-order valence-corrected chi connectivity index (χ2v) is 21.5. The summed E-state index contributed by atoms with van der Waals surface area (Å²) in [5, 5.41) is 36.3. The number of fused-ring (bicyclic) bond motifs is 3. The van der Waals surface area contributed by atoms with E-state index < -0.39 is 41.5 Å². The predicted octanol–water partition coefficient (Wildman–Crippen LogP) is 8.19. The molecule has 4 N–H and O–H groups in total. The predicted molar refractivity (Wildman–Crippen MR) is 263 cm³/mol. The fraction of sp³-hybridized carbons (Fsp3) is 0.385. The number of thiophene rings is 1. The molecule has 14 nitrogen and oxygen atoms in total. The van der Waals surface area contributed by atoms with Crippen LogP contribution >= 0.6 is 22.7 Å². The number of carboxylic acid groups (broad SMARTS) is 1. The van der Waals surface area contributed by atoms with Crippen LogP contribution in [0.1, 0.15) is 115 Å². The third-order valence-corrected chi connectivity index (χ3v) is 15.8. The molecule has 6 aromatic rings. The van der Waals surface area contributed by atoms with E-state index in [1.165, 1.54) is 4.90 Å². The lowest BCUT2D eigenvalue weighted by atomic mass is 9.85. The van der Waals surface area contributed by atoms with Gasteiger partial charge in [-0.05, 0) is 85.8 Å². The number of carboxylic acids is 1. The largest absolute Gasteiger partial charge is 0.481 e. The molecule has 16 heteroatoms. The Morgan fingerprint density at radius 3 is 2.12 bits per heavy atom. The fourth-order valence-corrected chi connectivity index (χ4v) is 11.6. The van der Waals surface area contributed by atoms with E-state index in [2.05, 4.69) is 39.7 Å². The normalized spacial score (nSPS) is 20.7. The lowest BCUT2D eigenvalue weighted by molar-refractivity contribution is -0.144. The van der Waals surface area contributed by atoms with E-state index in [0.717, 1.165) is 70.7 Å². The van der Waals surface area contributed by atoms with E-state index in [1.807, 2.05) is 124 Å². The zero-order valence-electron chi connectivity index (χ0n) is 39.4. The number of nitrogens with zero attached hydrogens (tertiary/aromatic N) is 6. The molecular formula is C52H56N8O6S2. The number of hydrogen-bond acceptors (Lipinski definition) is 11. The Labute approximate surface area is 403 Å². The van der Waals surface area contributed by atoms with Crippen LogP contribution in [0, 0.1) is 39.0 Å². The summed E-state index contributed by atoms with van der Waals surface area (Å²) in [6, 6.07) is 21.4. The number of aliphatic imine (C=N–C) groups is 1. The summed E-state index contributed by atoms with van der Waals surface area (Å²) < 4.78 is 1.95. The number of aliphatic carboxylic acids is 1. The fourth-order valence-electron chi connectivity index (χ4n) is 9.55. The van der Waals surface area contributed by atoms with E-state index in [9.17, 15) is 29.4 Å². The van der Waals surface area contributed by atoms with Gasteiger partial charge in [-0.25, -0.2) is 4.98 Å². The van der Waals surface area contributed by atoms with Crippen molar-refractivity contribution in [2.75, 3.05) is 6.54 Å². The molecule has 3 amide bonds. The lowest BCUT2D eigenvalue weighted by Crippen LogP contribution is -2.58. The summed E-state index contributed by atoms with van der Waals surface area (Å²) >= 11 is 3.20. The first-order valence-electron chi connectivity index (χ1n) is 23.0. The standard InChI is InChI=1S/C52H56N8O6S2/c1-26-29(4)68-51-43(26)44(55-40(23-42(62)63)47-58-57-30(5)60(47)51)35-17-13-33(14-18-35)32-11-15-34(16-12-32)38-22-39(38)48(64)56-46(52(6,7)8)50(66)59-24-37(61)21-41(59)49(65)54-27(2)31-9-19-36(20-10-31)45-28(3)53-25-67-45/h9-20,25,27,37-41,46,61H,21-24H2,1-8H3,(H,54,65)(H,56,64)(H,62,63)/t27?,37-,38+,39+,40+,41+,46?/m1/s1. The molecule has 5 heterocycles. The van der Waals surface area contributed by atoms with Crippen LogP contribution in [0.2, 0.25) is 0 Å². The molecule has 2 unspecified atom stereocenters. The minimum atomic E-state index is -0.966. The highest BCUT2D eigenvalue weighted by molar-refractivity contribution is 7.15. The number of likely N-dealkylation sites (tertiary alicyclic amines) is 1. The monoisotopic (exact) mass is 952 g/mol. The number of carbonyl (C=O) groups is 4. The van der Waals surface area contributed by atoms with Gasteiger partial charge in [-0.15, -0.1) is 32.9 Å². The van der Waals surface area contributed by atoms with Crippen molar-refractivity contribution >= 4 is 52.1 Å². The van der Waals surface area contributed by atoms with Crippen molar-refractivity contribution in [3.05, 3.63) is 128 Å². The van der Waals surface area contributed by atoms with Gasteiger partial charge in [0.15, 0.2) is 5.82 Å². The third-order valence-electron chi connectivity index (χ3n) is 13.6. The Morgan fingerprint density at radius 2 is 1.49 bits per heavy atom. The zero-order chi connectivity index (χ0) is 48.3. The van der Waals surface area contributed by atoms with Gasteiger partial charge in [0.05, 0.1) is 40.4 Å². The van der Waals surface area contributed by atoms with E-state index in [-0.39, 0.29) is 49.1 Å². The van der Waals surface area contributed by atoms with Crippen molar-refractivity contribution < 1.29 is 29.4 Å². The second-order valence-electron chi connectivity index (χ2n) is 19.5. The summed E-state index contributed by atoms with van der Waals surface area (Å²) in [4.78, 5) is 67.1. The number of aliphatic hydroxyl groups excluding tert-OH is 1. The minimum Gasteiger partial charge on any atom is -0.481 e. The summed E-state index contributed by atoms with van der Waals surface area (Å²) in [5.74, 6) is -1.05. The number of amides is 3. The van der Waals surface area contributed by atoms with Gasteiger partial charge in [0.1, 0.15) is 29.0 Å². The number of β-amino-alcohol motifs (C(OH)–C–C–N with tert-alkyl or cyclic N) is 1. The number of aliphatic hydroxyl groups is 1. The van der Waals surface area contributed by atoms with Crippen LogP contribution in [-0.2, 0) is 19.2 Å². The molecular weight excluding hydrogens is 897 g/mol. The highest BCUT2D eigenvalue weighted by Crippen LogP contribution is 2.48. The Hall–Kier alpha value is -6.36. The first kappa shape index (κ1) is 46.7. The van der Waals surface area contributed by atoms with E-state index >= 15 is 0 Å². The number of rotatable bonds is 12. The average Bonchev–Trinajstić information content (AvgIpc) is 3.46. The van der Waals surface area contributed by atoms with Gasteiger partial charge in [-0.3, -0.25) is 28.7 Å². The minimum absolute atomic E-state index is 0.000971. The number of thiazole rings is 1. The number of hydrogen-bond donors (Lipinski definition) is 4. The Morgan fingerprint density at radius 1 is 0.838 bits per heavy atom. The molecule has 1 aliphatic carbocycles. The van der Waals surface area contributed by atoms with Crippen molar-refractivity contribution in [1.29, 1.82) is 0 Å². The number of nitrogens with one attached hydrogen (secondary N) is 2. The molecule has 0 spiro atoms. The summed E-state index contributed by atoms with van der Waals surface area (Å²) in [6.07, 6.45) is -0.337. The highest BCUT2D eigenvalue weighted by atomic mass is 32.1. The molecule has 2 fully saturated rings. The molecule has 68 heavy (non-hydrogen) atoms.